The average Bonchev–Trinajstić information content (AvgIpc) is 2.61. The molecule has 1 atom stereocenters. The van der Waals surface area contributed by atoms with Crippen LogP contribution in [0.5, 0.6) is 0 Å². The number of pyridine rings is 1. The number of aromatic nitrogens is 2. The summed E-state index contributed by atoms with van der Waals surface area (Å²) in [7, 11) is 0. The fraction of sp³-hybridized carbons (Fsp3) is 0.385. The molecule has 2 heterocycles. The number of nitrogens with one attached hydrogen (secondary N) is 1. The predicted octanol–water partition coefficient (Wildman–Crippen LogP) is 3.64. The highest BCUT2D eigenvalue weighted by Crippen LogP contribution is 2.26. The van der Waals surface area contributed by atoms with Gasteiger partial charge in [0, 0.05) is 11.1 Å². The highest BCUT2D eigenvalue weighted by atomic mass is 32.1. The van der Waals surface area contributed by atoms with Gasteiger partial charge in [-0.2, -0.15) is 0 Å². The molecule has 0 aliphatic carbocycles. The van der Waals surface area contributed by atoms with Gasteiger partial charge in [-0.25, -0.2) is 9.97 Å². The topological polar surface area (TPSA) is 37.8 Å². The van der Waals surface area contributed by atoms with Gasteiger partial charge in [-0.15, -0.1) is 11.3 Å². The van der Waals surface area contributed by atoms with E-state index in [9.17, 15) is 0 Å². The Hall–Kier alpha value is -1.42. The van der Waals surface area contributed by atoms with Crippen LogP contribution in [0.4, 0.5) is 5.82 Å². The van der Waals surface area contributed by atoms with Crippen molar-refractivity contribution in [2.45, 2.75) is 33.7 Å². The molecule has 2 rings (SSSR count). The first-order valence-electron chi connectivity index (χ1n) is 5.69. The second-order valence-electron chi connectivity index (χ2n) is 4.27. The van der Waals surface area contributed by atoms with E-state index in [4.69, 9.17) is 0 Å². The first kappa shape index (κ1) is 12.0. The van der Waals surface area contributed by atoms with E-state index < -0.39 is 0 Å². The third kappa shape index (κ3) is 2.82. The molecule has 2 aromatic heterocycles. The number of thiazole rings is 1. The number of anilines is 1. The summed E-state index contributed by atoms with van der Waals surface area (Å²) in [5.74, 6) is 0.911. The smallest absolute Gasteiger partial charge is 0.126 e. The molecule has 0 radical (unpaired) electrons. The Bertz CT molecular complexity index is 502. The van der Waals surface area contributed by atoms with Crippen LogP contribution >= 0.6 is 11.3 Å². The molecule has 0 spiro atoms. The summed E-state index contributed by atoms with van der Waals surface area (Å²) in [6.45, 7) is 8.27. The zero-order chi connectivity index (χ0) is 12.4. The largest absolute Gasteiger partial charge is 0.363 e. The summed E-state index contributed by atoms with van der Waals surface area (Å²) in [6.07, 6.45) is 1.87. The number of nitrogens with zero attached hydrogens (tertiary/aromatic N) is 2. The van der Waals surface area contributed by atoms with E-state index in [0.29, 0.717) is 0 Å². The molecular formula is C13H17N3S. The summed E-state index contributed by atoms with van der Waals surface area (Å²) < 4.78 is 0. The van der Waals surface area contributed by atoms with Gasteiger partial charge in [-0.3, -0.25) is 0 Å². The summed E-state index contributed by atoms with van der Waals surface area (Å²) in [6, 6.07) is 4.32. The SMILES string of the molecule is Cc1ccc(NC(C)c2sc(C)nc2C)nc1. The molecule has 0 aliphatic heterocycles. The Morgan fingerprint density at radius 1 is 1.24 bits per heavy atom. The van der Waals surface area contributed by atoms with Gasteiger partial charge in [0.05, 0.1) is 16.7 Å². The third-order valence-corrected chi connectivity index (χ3v) is 3.86. The lowest BCUT2D eigenvalue weighted by molar-refractivity contribution is 0.879. The molecule has 0 saturated heterocycles. The Labute approximate surface area is 106 Å². The van der Waals surface area contributed by atoms with Crippen molar-refractivity contribution in [1.29, 1.82) is 0 Å². The van der Waals surface area contributed by atoms with E-state index in [0.717, 1.165) is 16.5 Å². The van der Waals surface area contributed by atoms with Crippen LogP contribution in [0.1, 0.15) is 34.1 Å². The Kier molecular flexibility index (Phi) is 3.43. The minimum Gasteiger partial charge on any atom is -0.363 e. The molecule has 2 aromatic rings. The average molecular weight is 247 g/mol. The van der Waals surface area contributed by atoms with Gasteiger partial charge < -0.3 is 5.32 Å². The van der Waals surface area contributed by atoms with E-state index in [1.807, 2.05) is 26.1 Å². The molecule has 17 heavy (non-hydrogen) atoms. The zero-order valence-electron chi connectivity index (χ0n) is 10.6. The van der Waals surface area contributed by atoms with Crippen molar-refractivity contribution in [2.24, 2.45) is 0 Å². The van der Waals surface area contributed by atoms with Gasteiger partial charge in [0.1, 0.15) is 5.82 Å². The van der Waals surface area contributed by atoms with E-state index in [-0.39, 0.29) is 6.04 Å². The summed E-state index contributed by atoms with van der Waals surface area (Å²) in [4.78, 5) is 10.1. The van der Waals surface area contributed by atoms with Crippen LogP contribution in [0.15, 0.2) is 18.3 Å². The van der Waals surface area contributed by atoms with Crippen LogP contribution in [0.25, 0.3) is 0 Å². The van der Waals surface area contributed by atoms with Gasteiger partial charge >= 0.3 is 0 Å². The number of aryl methyl sites for hydroxylation is 3. The lowest BCUT2D eigenvalue weighted by Gasteiger charge is -2.13. The van der Waals surface area contributed by atoms with Gasteiger partial charge in [0.2, 0.25) is 0 Å². The molecular weight excluding hydrogens is 230 g/mol. The minimum absolute atomic E-state index is 0.247. The molecule has 0 aliphatic rings. The maximum Gasteiger partial charge on any atom is 0.126 e. The Balaban J connectivity index is 2.14. The van der Waals surface area contributed by atoms with Gasteiger partial charge in [0.25, 0.3) is 0 Å². The zero-order valence-corrected chi connectivity index (χ0v) is 11.4. The lowest BCUT2D eigenvalue weighted by Crippen LogP contribution is -2.07. The highest BCUT2D eigenvalue weighted by molar-refractivity contribution is 7.11. The Morgan fingerprint density at radius 2 is 2.00 bits per heavy atom. The molecule has 4 heteroatoms. The molecule has 0 saturated carbocycles. The second kappa shape index (κ2) is 4.84. The first-order valence-corrected chi connectivity index (χ1v) is 6.51. The molecule has 0 amide bonds. The number of rotatable bonds is 3. The Morgan fingerprint density at radius 3 is 2.53 bits per heavy atom. The normalized spacial score (nSPS) is 12.5. The maximum absolute atomic E-state index is 4.45. The van der Waals surface area contributed by atoms with Crippen LogP contribution < -0.4 is 5.32 Å². The summed E-state index contributed by atoms with van der Waals surface area (Å²) in [5.41, 5.74) is 2.28. The van der Waals surface area contributed by atoms with Crippen molar-refractivity contribution in [3.05, 3.63) is 39.5 Å². The monoisotopic (exact) mass is 247 g/mol. The predicted molar refractivity (Wildman–Crippen MR) is 72.6 cm³/mol. The molecule has 1 unspecified atom stereocenters. The van der Waals surface area contributed by atoms with E-state index in [2.05, 4.69) is 35.2 Å². The maximum atomic E-state index is 4.45. The van der Waals surface area contributed by atoms with Crippen LogP contribution in [0.3, 0.4) is 0 Å². The van der Waals surface area contributed by atoms with Gasteiger partial charge in [0.15, 0.2) is 0 Å². The summed E-state index contributed by atoms with van der Waals surface area (Å²) >= 11 is 1.74. The van der Waals surface area contributed by atoms with Crippen molar-refractivity contribution in [3.8, 4) is 0 Å². The summed E-state index contributed by atoms with van der Waals surface area (Å²) in [5, 5.41) is 4.51. The van der Waals surface area contributed by atoms with Crippen molar-refractivity contribution in [3.63, 3.8) is 0 Å². The second-order valence-corrected chi connectivity index (χ2v) is 5.50. The minimum atomic E-state index is 0.247. The fourth-order valence-corrected chi connectivity index (χ4v) is 2.72. The highest BCUT2D eigenvalue weighted by Gasteiger charge is 2.12. The van der Waals surface area contributed by atoms with Crippen LogP contribution in [0.2, 0.25) is 0 Å². The molecule has 1 N–H and O–H groups in total. The third-order valence-electron chi connectivity index (χ3n) is 2.61. The lowest BCUT2D eigenvalue weighted by atomic mass is 10.2. The van der Waals surface area contributed by atoms with E-state index in [1.54, 1.807) is 11.3 Å². The van der Waals surface area contributed by atoms with E-state index in [1.165, 1.54) is 10.4 Å². The number of hydrogen-bond acceptors (Lipinski definition) is 4. The van der Waals surface area contributed by atoms with Crippen LogP contribution in [-0.4, -0.2) is 9.97 Å². The van der Waals surface area contributed by atoms with Crippen LogP contribution in [-0.2, 0) is 0 Å². The van der Waals surface area contributed by atoms with Gasteiger partial charge in [-0.1, -0.05) is 6.07 Å². The molecule has 90 valence electrons. The first-order chi connectivity index (χ1) is 8.06. The quantitative estimate of drug-likeness (QED) is 0.900. The van der Waals surface area contributed by atoms with E-state index >= 15 is 0 Å². The van der Waals surface area contributed by atoms with Crippen molar-refractivity contribution >= 4 is 17.2 Å². The fourth-order valence-electron chi connectivity index (χ4n) is 1.79. The number of hydrogen-bond donors (Lipinski definition) is 1. The van der Waals surface area contributed by atoms with Crippen molar-refractivity contribution in [1.82, 2.24) is 9.97 Å². The molecule has 0 aromatic carbocycles. The van der Waals surface area contributed by atoms with Gasteiger partial charge in [-0.05, 0) is 39.3 Å². The van der Waals surface area contributed by atoms with Crippen molar-refractivity contribution < 1.29 is 0 Å². The molecule has 0 fully saturated rings. The van der Waals surface area contributed by atoms with Crippen molar-refractivity contribution in [2.75, 3.05) is 5.32 Å². The molecule has 3 nitrogen and oxygen atoms in total. The molecule has 0 bridgehead atoms. The standard InChI is InChI=1S/C13H17N3S/c1-8-5-6-12(14-7-8)16-10(3)13-9(2)15-11(4)17-13/h5-7,10H,1-4H3,(H,14,16). The van der Waals surface area contributed by atoms with Crippen LogP contribution in [0, 0.1) is 20.8 Å².